The van der Waals surface area contributed by atoms with E-state index in [1.54, 1.807) is 0 Å². The number of anilines is 3. The van der Waals surface area contributed by atoms with Crippen LogP contribution in [0.5, 0.6) is 0 Å². The largest absolute Gasteiger partial charge is 0.456 e. The zero-order chi connectivity index (χ0) is 37.7. The summed E-state index contributed by atoms with van der Waals surface area (Å²) in [6.07, 6.45) is 0. The highest BCUT2D eigenvalue weighted by Crippen LogP contribution is 2.44. The molecule has 0 bridgehead atoms. The summed E-state index contributed by atoms with van der Waals surface area (Å²) in [4.78, 5) is 2.35. The van der Waals surface area contributed by atoms with Gasteiger partial charge in [-0.15, -0.1) is 0 Å². The van der Waals surface area contributed by atoms with Crippen LogP contribution >= 0.6 is 0 Å². The maximum Gasteiger partial charge on any atom is 0.137 e. The maximum absolute atomic E-state index is 6.43. The molecule has 0 aliphatic carbocycles. The van der Waals surface area contributed by atoms with E-state index < -0.39 is 0 Å². The maximum atomic E-state index is 6.43. The highest BCUT2D eigenvalue weighted by molar-refractivity contribution is 6.10. The zero-order valence-electron chi connectivity index (χ0n) is 31.1. The minimum absolute atomic E-state index is 0.864. The second-order valence-electron chi connectivity index (χ2n) is 14.5. The van der Waals surface area contributed by atoms with Crippen molar-refractivity contribution in [3.63, 3.8) is 0 Å². The van der Waals surface area contributed by atoms with E-state index in [1.807, 2.05) is 12.1 Å². The van der Waals surface area contributed by atoms with Crippen molar-refractivity contribution in [3.05, 3.63) is 218 Å². The van der Waals surface area contributed by atoms with Gasteiger partial charge in [0, 0.05) is 50.2 Å². The molecule has 0 saturated heterocycles. The summed E-state index contributed by atoms with van der Waals surface area (Å²) < 4.78 is 8.79. The van der Waals surface area contributed by atoms with Crippen molar-refractivity contribution in [2.24, 2.45) is 0 Å². The van der Waals surface area contributed by atoms with Crippen molar-refractivity contribution in [1.82, 2.24) is 4.57 Å². The topological polar surface area (TPSA) is 21.3 Å². The molecule has 0 unspecified atom stereocenters. The third-order valence-electron chi connectivity index (χ3n) is 11.2. The summed E-state index contributed by atoms with van der Waals surface area (Å²) in [6, 6.07) is 78.1. The second-order valence-corrected chi connectivity index (χ2v) is 14.5. The van der Waals surface area contributed by atoms with Crippen LogP contribution in [0.3, 0.4) is 0 Å². The van der Waals surface area contributed by atoms with E-state index in [4.69, 9.17) is 4.42 Å². The van der Waals surface area contributed by atoms with Crippen LogP contribution in [0, 0.1) is 0 Å². The SMILES string of the molecule is c1ccc(-c2ccc(-c3ccccc3N(c3ccc(-c4ccc5c(c4)c4ccccc4n5-c4ccccc4)cc3)c3ccc4c(c3)oc3ccccc34)cc2)cc1. The molecule has 0 saturated carbocycles. The van der Waals surface area contributed by atoms with Crippen molar-refractivity contribution in [2.75, 3.05) is 4.90 Å². The van der Waals surface area contributed by atoms with Gasteiger partial charge in [-0.25, -0.2) is 0 Å². The number of nitrogens with zero attached hydrogens (tertiary/aromatic N) is 2. The Morgan fingerprint density at radius 1 is 0.333 bits per heavy atom. The Kier molecular flexibility index (Phi) is 7.82. The number of furan rings is 1. The second kappa shape index (κ2) is 13.6. The van der Waals surface area contributed by atoms with Crippen LogP contribution < -0.4 is 4.90 Å². The summed E-state index contributed by atoms with van der Waals surface area (Å²) in [5, 5.41) is 4.72. The third-order valence-corrected chi connectivity index (χ3v) is 11.2. The minimum Gasteiger partial charge on any atom is -0.456 e. The first-order valence-corrected chi connectivity index (χ1v) is 19.4. The van der Waals surface area contributed by atoms with E-state index >= 15 is 0 Å². The Labute approximate surface area is 330 Å². The van der Waals surface area contributed by atoms with E-state index in [1.165, 1.54) is 38.5 Å². The molecular weight excluding hydrogens is 693 g/mol. The first-order chi connectivity index (χ1) is 28.3. The minimum atomic E-state index is 0.864. The van der Waals surface area contributed by atoms with Crippen LogP contribution in [-0.2, 0) is 0 Å². The van der Waals surface area contributed by atoms with E-state index in [0.717, 1.165) is 61.4 Å². The molecule has 0 spiro atoms. The van der Waals surface area contributed by atoms with Crippen LogP contribution in [0.25, 0.3) is 82.8 Å². The molecular formula is C54H36N2O. The number of aromatic nitrogens is 1. The Morgan fingerprint density at radius 2 is 0.895 bits per heavy atom. The Balaban J connectivity index is 1.03. The lowest BCUT2D eigenvalue weighted by atomic mass is 9.98. The average molecular weight is 729 g/mol. The summed E-state index contributed by atoms with van der Waals surface area (Å²) >= 11 is 0. The molecule has 3 nitrogen and oxygen atoms in total. The Bertz CT molecular complexity index is 3210. The molecule has 0 N–H and O–H groups in total. The predicted octanol–water partition coefficient (Wildman–Crippen LogP) is 15.2. The molecule has 0 aliphatic rings. The van der Waals surface area contributed by atoms with Crippen molar-refractivity contribution in [2.45, 2.75) is 0 Å². The standard InChI is InChI=1S/C54H36N2O/c1-3-13-37(14-4-1)38-23-25-40(26-24-38)45-17-7-10-20-50(45)55(44-32-33-48-47-19-9-12-22-53(47)57-54(48)36-44)43-30-27-39(28-31-43)41-29-34-52-49(35-41)46-18-8-11-21-51(46)56(52)42-15-5-2-6-16-42/h1-36H. The van der Waals surface area contributed by atoms with Crippen LogP contribution in [-0.4, -0.2) is 4.57 Å². The molecule has 0 aliphatic heterocycles. The van der Waals surface area contributed by atoms with Gasteiger partial charge >= 0.3 is 0 Å². The smallest absolute Gasteiger partial charge is 0.137 e. The van der Waals surface area contributed by atoms with Gasteiger partial charge in [-0.2, -0.15) is 0 Å². The lowest BCUT2D eigenvalue weighted by Crippen LogP contribution is -2.11. The van der Waals surface area contributed by atoms with Gasteiger partial charge in [0.1, 0.15) is 11.2 Å². The third kappa shape index (κ3) is 5.68. The molecule has 268 valence electrons. The van der Waals surface area contributed by atoms with Gasteiger partial charge in [0.2, 0.25) is 0 Å². The van der Waals surface area contributed by atoms with Crippen molar-refractivity contribution in [3.8, 4) is 39.1 Å². The number of para-hydroxylation sites is 4. The van der Waals surface area contributed by atoms with E-state index in [9.17, 15) is 0 Å². The van der Waals surface area contributed by atoms with Gasteiger partial charge in [0.05, 0.1) is 16.7 Å². The quantitative estimate of drug-likeness (QED) is 0.163. The molecule has 0 radical (unpaired) electrons. The van der Waals surface area contributed by atoms with Gasteiger partial charge in [-0.1, -0.05) is 146 Å². The molecule has 11 rings (SSSR count). The van der Waals surface area contributed by atoms with Crippen molar-refractivity contribution < 1.29 is 4.42 Å². The molecule has 57 heavy (non-hydrogen) atoms. The fourth-order valence-corrected chi connectivity index (χ4v) is 8.48. The monoisotopic (exact) mass is 728 g/mol. The Morgan fingerprint density at radius 3 is 1.72 bits per heavy atom. The molecule has 0 amide bonds. The summed E-state index contributed by atoms with van der Waals surface area (Å²) in [6.45, 7) is 0. The molecule has 0 fully saturated rings. The van der Waals surface area contributed by atoms with E-state index in [-0.39, 0.29) is 0 Å². The summed E-state index contributed by atoms with van der Waals surface area (Å²) in [5.74, 6) is 0. The lowest BCUT2D eigenvalue weighted by molar-refractivity contribution is 0.669. The first-order valence-electron chi connectivity index (χ1n) is 19.4. The summed E-state index contributed by atoms with van der Waals surface area (Å²) in [7, 11) is 0. The highest BCUT2D eigenvalue weighted by atomic mass is 16.3. The average Bonchev–Trinajstić information content (AvgIpc) is 3.83. The predicted molar refractivity (Wildman–Crippen MR) is 239 cm³/mol. The van der Waals surface area contributed by atoms with E-state index in [0.29, 0.717) is 0 Å². The summed E-state index contributed by atoms with van der Waals surface area (Å²) in [5.41, 5.74) is 15.5. The number of hydrogen-bond donors (Lipinski definition) is 0. The number of fused-ring (bicyclic) bond motifs is 6. The molecule has 2 heterocycles. The number of hydrogen-bond acceptors (Lipinski definition) is 2. The molecule has 0 atom stereocenters. The lowest BCUT2D eigenvalue weighted by Gasteiger charge is -2.28. The highest BCUT2D eigenvalue weighted by Gasteiger charge is 2.20. The fourth-order valence-electron chi connectivity index (χ4n) is 8.48. The first kappa shape index (κ1) is 32.8. The van der Waals surface area contributed by atoms with Gasteiger partial charge < -0.3 is 13.9 Å². The Hall–Kier alpha value is -7.62. The van der Waals surface area contributed by atoms with Crippen LogP contribution in [0.4, 0.5) is 17.1 Å². The fraction of sp³-hybridized carbons (Fsp3) is 0. The molecule has 9 aromatic carbocycles. The normalized spacial score (nSPS) is 11.5. The van der Waals surface area contributed by atoms with E-state index in [2.05, 4.69) is 216 Å². The van der Waals surface area contributed by atoms with Gasteiger partial charge in [-0.3, -0.25) is 0 Å². The van der Waals surface area contributed by atoms with Crippen LogP contribution in [0.1, 0.15) is 0 Å². The van der Waals surface area contributed by atoms with Gasteiger partial charge in [-0.05, 0) is 94.5 Å². The molecule has 2 aromatic heterocycles. The van der Waals surface area contributed by atoms with Crippen molar-refractivity contribution >= 4 is 60.8 Å². The number of rotatable bonds is 7. The van der Waals surface area contributed by atoms with Crippen LogP contribution in [0.2, 0.25) is 0 Å². The van der Waals surface area contributed by atoms with Crippen LogP contribution in [0.15, 0.2) is 223 Å². The number of benzene rings is 9. The van der Waals surface area contributed by atoms with Gasteiger partial charge in [0.15, 0.2) is 0 Å². The van der Waals surface area contributed by atoms with Crippen molar-refractivity contribution in [1.29, 1.82) is 0 Å². The van der Waals surface area contributed by atoms with Gasteiger partial charge in [0.25, 0.3) is 0 Å². The molecule has 3 heteroatoms. The zero-order valence-corrected chi connectivity index (χ0v) is 31.1. The molecule has 11 aromatic rings.